The van der Waals surface area contributed by atoms with Crippen LogP contribution in [-0.2, 0) is 8.55 Å². The molecule has 1 saturated carbocycles. The predicted molar refractivity (Wildman–Crippen MR) is 67.1 cm³/mol. The van der Waals surface area contributed by atoms with Crippen molar-refractivity contribution in [2.75, 3.05) is 11.5 Å². The van der Waals surface area contributed by atoms with Gasteiger partial charge in [-0.1, -0.05) is 24.6 Å². The Labute approximate surface area is 91.4 Å². The highest BCUT2D eigenvalue weighted by Crippen LogP contribution is 2.44. The first-order valence-electron chi connectivity index (χ1n) is 5.47. The van der Waals surface area contributed by atoms with E-state index in [0.29, 0.717) is 5.92 Å². The van der Waals surface area contributed by atoms with Crippen molar-refractivity contribution in [3.05, 3.63) is 0 Å². The second-order valence-corrected chi connectivity index (χ2v) is 10.1. The molecule has 0 spiro atoms. The minimum Gasteiger partial charge on any atom is -0.257 e. The van der Waals surface area contributed by atoms with Gasteiger partial charge in [-0.25, -0.2) is 0 Å². The first kappa shape index (κ1) is 10.9. The molecule has 0 radical (unpaired) electrons. The van der Waals surface area contributed by atoms with Crippen molar-refractivity contribution >= 4 is 25.2 Å². The Bertz CT molecular complexity index is 307. The molecule has 0 aromatic rings. The lowest BCUT2D eigenvalue weighted by Crippen LogP contribution is -2.37. The van der Waals surface area contributed by atoms with Crippen molar-refractivity contribution in [3.8, 4) is 0 Å². The van der Waals surface area contributed by atoms with Gasteiger partial charge in [0.05, 0.1) is 0 Å². The third-order valence-electron chi connectivity index (χ3n) is 3.95. The molecule has 82 valence electrons. The van der Waals surface area contributed by atoms with Crippen molar-refractivity contribution in [3.63, 3.8) is 0 Å². The molecule has 0 bridgehead atoms. The van der Waals surface area contributed by atoms with Gasteiger partial charge in [-0.15, -0.1) is 0 Å². The Morgan fingerprint density at radius 1 is 1.21 bits per heavy atom. The highest BCUT2D eigenvalue weighted by Gasteiger charge is 2.37. The summed E-state index contributed by atoms with van der Waals surface area (Å²) in [5.41, 5.74) is 0. The zero-order valence-corrected chi connectivity index (χ0v) is 10.7. The number of hydrogen-bond donors (Lipinski definition) is 0. The van der Waals surface area contributed by atoms with Crippen LogP contribution in [0, 0.1) is 23.7 Å². The first-order valence-corrected chi connectivity index (χ1v) is 8.87. The van der Waals surface area contributed by atoms with Crippen LogP contribution in [0.4, 0.5) is 0 Å². The standard InChI is InChI=1S/C11H20OS2/c1-8-4-10-6-13-14(3,12)7-11(10)5-9(8)2/h8-11H,3-7H2,1-2H3/t8-,9+,10?,11?,14?/m0/s1. The van der Waals surface area contributed by atoms with Crippen molar-refractivity contribution in [1.29, 1.82) is 0 Å². The van der Waals surface area contributed by atoms with Crippen LogP contribution in [0.15, 0.2) is 0 Å². The fourth-order valence-corrected chi connectivity index (χ4v) is 6.87. The molecule has 2 aliphatic rings. The lowest BCUT2D eigenvalue weighted by molar-refractivity contribution is 0.161. The molecule has 5 atom stereocenters. The van der Waals surface area contributed by atoms with E-state index in [1.54, 1.807) is 10.8 Å². The molecule has 0 N–H and O–H groups in total. The van der Waals surface area contributed by atoms with E-state index < -0.39 is 8.55 Å². The van der Waals surface area contributed by atoms with Gasteiger partial charge < -0.3 is 0 Å². The van der Waals surface area contributed by atoms with E-state index in [-0.39, 0.29) is 0 Å². The van der Waals surface area contributed by atoms with Crippen LogP contribution >= 0.6 is 10.8 Å². The topological polar surface area (TPSA) is 17.1 Å². The molecule has 2 fully saturated rings. The summed E-state index contributed by atoms with van der Waals surface area (Å²) in [6.45, 7) is 4.70. The zero-order valence-electron chi connectivity index (χ0n) is 9.07. The lowest BCUT2D eigenvalue weighted by atomic mass is 9.71. The Kier molecular flexibility index (Phi) is 2.91. The Morgan fingerprint density at radius 2 is 1.79 bits per heavy atom. The van der Waals surface area contributed by atoms with Crippen LogP contribution in [0.5, 0.6) is 0 Å². The molecule has 1 saturated heterocycles. The van der Waals surface area contributed by atoms with Gasteiger partial charge in [-0.05, 0) is 42.4 Å². The van der Waals surface area contributed by atoms with E-state index in [9.17, 15) is 4.21 Å². The van der Waals surface area contributed by atoms with Crippen LogP contribution < -0.4 is 0 Å². The summed E-state index contributed by atoms with van der Waals surface area (Å²) in [5.74, 6) is 9.01. The molecule has 1 aliphatic heterocycles. The smallest absolute Gasteiger partial charge is 0.0283 e. The van der Waals surface area contributed by atoms with Crippen molar-refractivity contribution in [2.45, 2.75) is 26.7 Å². The maximum Gasteiger partial charge on any atom is 0.0283 e. The van der Waals surface area contributed by atoms with Crippen LogP contribution in [0.1, 0.15) is 26.7 Å². The average Bonchev–Trinajstić information content (AvgIpc) is 2.07. The SMILES string of the molecule is C=S1(=O)CC2C[C@@H](C)[C@@H](C)CC2CS1. The van der Waals surface area contributed by atoms with Crippen LogP contribution in [-0.4, -0.2) is 21.6 Å². The maximum absolute atomic E-state index is 11.9. The monoisotopic (exact) mass is 232 g/mol. The highest BCUT2D eigenvalue weighted by molar-refractivity contribution is 8.75. The largest absolute Gasteiger partial charge is 0.257 e. The third-order valence-corrected chi connectivity index (χ3v) is 7.99. The molecular weight excluding hydrogens is 212 g/mol. The number of fused-ring (bicyclic) bond motifs is 1. The van der Waals surface area contributed by atoms with E-state index >= 15 is 0 Å². The van der Waals surface area contributed by atoms with Gasteiger partial charge in [-0.3, -0.25) is 4.21 Å². The number of rotatable bonds is 0. The minimum atomic E-state index is -1.78. The molecule has 0 aromatic carbocycles. The van der Waals surface area contributed by atoms with E-state index in [0.717, 1.165) is 29.3 Å². The minimum absolute atomic E-state index is 0.701. The molecule has 0 amide bonds. The Balaban J connectivity index is 2.09. The Morgan fingerprint density at radius 3 is 2.43 bits per heavy atom. The summed E-state index contributed by atoms with van der Waals surface area (Å²) in [6.07, 6.45) is 2.62. The number of hydrogen-bond acceptors (Lipinski definition) is 2. The Hall–Kier alpha value is 0.370. The zero-order chi connectivity index (χ0) is 10.3. The molecule has 3 unspecified atom stereocenters. The molecule has 2 rings (SSSR count). The normalized spacial score (nSPS) is 53.9. The fourth-order valence-electron chi connectivity index (χ4n) is 2.80. The average molecular weight is 232 g/mol. The maximum atomic E-state index is 11.9. The second-order valence-electron chi connectivity index (χ2n) is 5.14. The van der Waals surface area contributed by atoms with Gasteiger partial charge in [0.15, 0.2) is 0 Å². The first-order chi connectivity index (χ1) is 6.48. The van der Waals surface area contributed by atoms with Gasteiger partial charge in [0.2, 0.25) is 0 Å². The molecule has 1 aliphatic carbocycles. The van der Waals surface area contributed by atoms with E-state index in [2.05, 4.69) is 19.7 Å². The predicted octanol–water partition coefficient (Wildman–Crippen LogP) is 2.66. The van der Waals surface area contributed by atoms with Crippen LogP contribution in [0.25, 0.3) is 0 Å². The van der Waals surface area contributed by atoms with Crippen LogP contribution in [0.2, 0.25) is 0 Å². The van der Waals surface area contributed by atoms with E-state index in [4.69, 9.17) is 0 Å². The lowest BCUT2D eigenvalue weighted by Gasteiger charge is -2.42. The van der Waals surface area contributed by atoms with Crippen molar-refractivity contribution in [1.82, 2.24) is 0 Å². The van der Waals surface area contributed by atoms with Crippen molar-refractivity contribution < 1.29 is 4.21 Å². The quantitative estimate of drug-likeness (QED) is 0.472. The van der Waals surface area contributed by atoms with Crippen molar-refractivity contribution in [2.24, 2.45) is 23.7 Å². The summed E-state index contributed by atoms with van der Waals surface area (Å²) in [7, 11) is -0.151. The summed E-state index contributed by atoms with van der Waals surface area (Å²) in [4.78, 5) is 0. The third kappa shape index (κ3) is 2.13. The molecule has 0 aromatic heterocycles. The van der Waals surface area contributed by atoms with Gasteiger partial charge in [0.1, 0.15) is 0 Å². The summed E-state index contributed by atoms with van der Waals surface area (Å²) >= 11 is 0. The molecule has 1 nitrogen and oxygen atoms in total. The van der Waals surface area contributed by atoms with E-state index in [1.165, 1.54) is 12.8 Å². The van der Waals surface area contributed by atoms with Gasteiger partial charge >= 0.3 is 0 Å². The molecule has 1 heterocycles. The van der Waals surface area contributed by atoms with Gasteiger partial charge in [-0.2, -0.15) is 0 Å². The molecule has 14 heavy (non-hydrogen) atoms. The van der Waals surface area contributed by atoms with Gasteiger partial charge in [0.25, 0.3) is 0 Å². The summed E-state index contributed by atoms with van der Waals surface area (Å²) < 4.78 is 11.9. The molecular formula is C11H20OS2. The van der Waals surface area contributed by atoms with E-state index in [1.807, 2.05) is 0 Å². The fraction of sp³-hybridized carbons (Fsp3) is 0.909. The summed E-state index contributed by atoms with van der Waals surface area (Å²) in [6, 6.07) is 0. The second kappa shape index (κ2) is 3.75. The van der Waals surface area contributed by atoms with Gasteiger partial charge in [0, 0.05) is 20.1 Å². The molecule has 3 heteroatoms. The summed E-state index contributed by atoms with van der Waals surface area (Å²) in [5, 5.41) is 0. The van der Waals surface area contributed by atoms with Crippen LogP contribution in [0.3, 0.4) is 0 Å². The highest BCUT2D eigenvalue weighted by atomic mass is 33.1.